The van der Waals surface area contributed by atoms with Gasteiger partial charge in [-0.05, 0) is 26.8 Å². The number of aromatic nitrogens is 2. The summed E-state index contributed by atoms with van der Waals surface area (Å²) in [5.74, 6) is 0.859. The van der Waals surface area contributed by atoms with Gasteiger partial charge in [-0.3, -0.25) is 4.68 Å². The largest absolute Gasteiger partial charge is 0.469 e. The Morgan fingerprint density at radius 1 is 1.50 bits per heavy atom. The van der Waals surface area contributed by atoms with Crippen LogP contribution in [0.1, 0.15) is 35.7 Å². The lowest BCUT2D eigenvalue weighted by atomic mass is 10.0. The molecule has 2 aromatic rings. The predicted octanol–water partition coefficient (Wildman–Crippen LogP) is 3.01. The van der Waals surface area contributed by atoms with Crippen molar-refractivity contribution in [1.29, 1.82) is 0 Å². The van der Waals surface area contributed by atoms with E-state index in [0.29, 0.717) is 11.4 Å². The lowest BCUT2D eigenvalue weighted by Crippen LogP contribution is -2.16. The third-order valence-electron chi connectivity index (χ3n) is 3.16. The van der Waals surface area contributed by atoms with Crippen molar-refractivity contribution >= 4 is 11.6 Å². The number of halogens is 1. The van der Waals surface area contributed by atoms with Gasteiger partial charge < -0.3 is 10.2 Å². The Labute approximate surface area is 112 Å². The predicted molar refractivity (Wildman–Crippen MR) is 71.7 cm³/mol. The molecule has 0 amide bonds. The zero-order valence-corrected chi connectivity index (χ0v) is 11.7. The van der Waals surface area contributed by atoms with Crippen LogP contribution in [0.15, 0.2) is 16.7 Å². The van der Waals surface area contributed by atoms with E-state index in [-0.39, 0.29) is 6.04 Å². The fraction of sp³-hybridized carbons (Fsp3) is 0.462. The second kappa shape index (κ2) is 5.16. The first kappa shape index (κ1) is 13.2. The van der Waals surface area contributed by atoms with Crippen LogP contribution in [-0.4, -0.2) is 9.78 Å². The summed E-state index contributed by atoms with van der Waals surface area (Å²) in [6, 6.07) is 1.79. The molecule has 4 nitrogen and oxygen atoms in total. The Balaban J connectivity index is 2.27. The molecule has 2 N–H and O–H groups in total. The van der Waals surface area contributed by atoms with Gasteiger partial charge in [0.2, 0.25) is 0 Å². The molecule has 18 heavy (non-hydrogen) atoms. The summed E-state index contributed by atoms with van der Waals surface area (Å²) in [4.78, 5) is 0. The maximum absolute atomic E-state index is 6.28. The van der Waals surface area contributed by atoms with Crippen LogP contribution in [0.3, 0.4) is 0 Å². The minimum atomic E-state index is -0.123. The molecule has 1 unspecified atom stereocenters. The molecular formula is C13H18ClN3O. The summed E-state index contributed by atoms with van der Waals surface area (Å²) in [6.45, 7) is 6.66. The molecule has 0 spiro atoms. The zero-order chi connectivity index (χ0) is 13.3. The molecule has 98 valence electrons. The number of furan rings is 1. The summed E-state index contributed by atoms with van der Waals surface area (Å²) < 4.78 is 7.19. The molecule has 2 rings (SSSR count). The fourth-order valence-corrected chi connectivity index (χ4v) is 2.37. The van der Waals surface area contributed by atoms with Crippen molar-refractivity contribution in [3.63, 3.8) is 0 Å². The van der Waals surface area contributed by atoms with Gasteiger partial charge in [-0.1, -0.05) is 11.6 Å². The molecule has 0 aliphatic heterocycles. The van der Waals surface area contributed by atoms with Crippen molar-refractivity contribution < 1.29 is 4.42 Å². The normalized spacial score (nSPS) is 12.9. The van der Waals surface area contributed by atoms with Crippen LogP contribution in [-0.2, 0) is 13.0 Å². The lowest BCUT2D eigenvalue weighted by molar-refractivity contribution is 0.520. The number of rotatable bonds is 4. The molecule has 0 radical (unpaired) electrons. The standard InChI is InChI=1S/C13H18ClN3O/c1-4-17-12(13(14)8(2)16-17)7-11(15)10-5-6-18-9(10)3/h5-6,11H,4,7,15H2,1-3H3. The third-order valence-corrected chi connectivity index (χ3v) is 3.66. The van der Waals surface area contributed by atoms with E-state index in [1.54, 1.807) is 6.26 Å². The molecule has 0 aliphatic rings. The lowest BCUT2D eigenvalue weighted by Gasteiger charge is -2.12. The Bertz CT molecular complexity index is 544. The molecule has 5 heteroatoms. The van der Waals surface area contributed by atoms with Gasteiger partial charge in [0.1, 0.15) is 5.76 Å². The van der Waals surface area contributed by atoms with Gasteiger partial charge in [0.15, 0.2) is 0 Å². The molecule has 1 atom stereocenters. The van der Waals surface area contributed by atoms with Crippen LogP contribution in [0, 0.1) is 13.8 Å². The molecule has 0 saturated carbocycles. The van der Waals surface area contributed by atoms with Gasteiger partial charge in [-0.2, -0.15) is 5.10 Å². The highest BCUT2D eigenvalue weighted by atomic mass is 35.5. The van der Waals surface area contributed by atoms with E-state index in [9.17, 15) is 0 Å². The summed E-state index contributed by atoms with van der Waals surface area (Å²) in [7, 11) is 0. The topological polar surface area (TPSA) is 57.0 Å². The number of hydrogen-bond donors (Lipinski definition) is 1. The maximum atomic E-state index is 6.28. The zero-order valence-electron chi connectivity index (χ0n) is 10.9. The molecule has 0 saturated heterocycles. The second-order valence-electron chi connectivity index (χ2n) is 4.40. The van der Waals surface area contributed by atoms with E-state index < -0.39 is 0 Å². The SMILES string of the molecule is CCn1nc(C)c(Cl)c1CC(N)c1ccoc1C. The Morgan fingerprint density at radius 3 is 2.78 bits per heavy atom. The summed E-state index contributed by atoms with van der Waals surface area (Å²) in [5.41, 5.74) is 9.08. The number of aryl methyl sites for hydroxylation is 3. The quantitative estimate of drug-likeness (QED) is 0.926. The van der Waals surface area contributed by atoms with E-state index in [0.717, 1.165) is 29.3 Å². The summed E-state index contributed by atoms with van der Waals surface area (Å²) in [5, 5.41) is 5.11. The average Bonchev–Trinajstić information content (AvgIpc) is 2.87. The van der Waals surface area contributed by atoms with Gasteiger partial charge in [0.25, 0.3) is 0 Å². The van der Waals surface area contributed by atoms with Crippen molar-refractivity contribution in [2.75, 3.05) is 0 Å². The smallest absolute Gasteiger partial charge is 0.105 e. The number of hydrogen-bond acceptors (Lipinski definition) is 3. The van der Waals surface area contributed by atoms with E-state index in [4.69, 9.17) is 21.8 Å². The summed E-state index contributed by atoms with van der Waals surface area (Å²) >= 11 is 6.28. The van der Waals surface area contributed by atoms with Gasteiger partial charge in [0, 0.05) is 24.6 Å². The van der Waals surface area contributed by atoms with E-state index in [2.05, 4.69) is 5.10 Å². The van der Waals surface area contributed by atoms with Gasteiger partial charge in [0.05, 0.1) is 22.7 Å². The van der Waals surface area contributed by atoms with Crippen LogP contribution in [0.4, 0.5) is 0 Å². The molecule has 2 heterocycles. The van der Waals surface area contributed by atoms with Crippen molar-refractivity contribution in [3.05, 3.63) is 40.1 Å². The van der Waals surface area contributed by atoms with Gasteiger partial charge in [-0.25, -0.2) is 0 Å². The molecule has 0 bridgehead atoms. The highest BCUT2D eigenvalue weighted by Gasteiger charge is 2.18. The van der Waals surface area contributed by atoms with Crippen LogP contribution >= 0.6 is 11.6 Å². The minimum Gasteiger partial charge on any atom is -0.469 e. The molecule has 0 fully saturated rings. The van der Waals surface area contributed by atoms with Crippen LogP contribution < -0.4 is 5.73 Å². The minimum absolute atomic E-state index is 0.123. The van der Waals surface area contributed by atoms with Crippen molar-refractivity contribution in [1.82, 2.24) is 9.78 Å². The molecular weight excluding hydrogens is 250 g/mol. The maximum Gasteiger partial charge on any atom is 0.105 e. The van der Waals surface area contributed by atoms with E-state index in [1.165, 1.54) is 0 Å². The monoisotopic (exact) mass is 267 g/mol. The fourth-order valence-electron chi connectivity index (χ4n) is 2.16. The third kappa shape index (κ3) is 2.31. The molecule has 2 aromatic heterocycles. The highest BCUT2D eigenvalue weighted by molar-refractivity contribution is 6.31. The van der Waals surface area contributed by atoms with E-state index >= 15 is 0 Å². The molecule has 0 aliphatic carbocycles. The summed E-state index contributed by atoms with van der Waals surface area (Å²) in [6.07, 6.45) is 2.32. The van der Waals surface area contributed by atoms with Crippen molar-refractivity contribution in [3.8, 4) is 0 Å². The average molecular weight is 268 g/mol. The number of nitrogens with two attached hydrogens (primary N) is 1. The van der Waals surface area contributed by atoms with Crippen molar-refractivity contribution in [2.24, 2.45) is 5.73 Å². The second-order valence-corrected chi connectivity index (χ2v) is 4.78. The first-order valence-corrected chi connectivity index (χ1v) is 6.43. The highest BCUT2D eigenvalue weighted by Crippen LogP contribution is 2.26. The van der Waals surface area contributed by atoms with Crippen LogP contribution in [0.5, 0.6) is 0 Å². The number of nitrogens with zero attached hydrogens (tertiary/aromatic N) is 2. The molecule has 0 aromatic carbocycles. The Morgan fingerprint density at radius 2 is 2.22 bits per heavy atom. The first-order chi connectivity index (χ1) is 8.54. The first-order valence-electron chi connectivity index (χ1n) is 6.06. The van der Waals surface area contributed by atoms with Gasteiger partial charge in [-0.15, -0.1) is 0 Å². The Hall–Kier alpha value is -1.26. The van der Waals surface area contributed by atoms with Crippen LogP contribution in [0.25, 0.3) is 0 Å². The van der Waals surface area contributed by atoms with Gasteiger partial charge >= 0.3 is 0 Å². The van der Waals surface area contributed by atoms with E-state index in [1.807, 2.05) is 31.5 Å². The Kier molecular flexibility index (Phi) is 3.78. The van der Waals surface area contributed by atoms with Crippen LogP contribution in [0.2, 0.25) is 5.02 Å². The van der Waals surface area contributed by atoms with Crippen molar-refractivity contribution in [2.45, 2.75) is 39.8 Å².